The van der Waals surface area contributed by atoms with Crippen molar-refractivity contribution in [2.75, 3.05) is 24.4 Å². The van der Waals surface area contributed by atoms with Crippen molar-refractivity contribution in [2.45, 2.75) is 13.2 Å². The van der Waals surface area contributed by atoms with E-state index in [1.807, 2.05) is 24.3 Å². The molecular formula is C15H18N2O4. The van der Waals surface area contributed by atoms with E-state index in [-0.39, 0.29) is 19.1 Å². The van der Waals surface area contributed by atoms with Gasteiger partial charge in [-0.25, -0.2) is 0 Å². The number of furan rings is 1. The van der Waals surface area contributed by atoms with Crippen LogP contribution in [0, 0.1) is 0 Å². The van der Waals surface area contributed by atoms with Crippen LogP contribution in [0.1, 0.15) is 11.5 Å². The van der Waals surface area contributed by atoms with Gasteiger partial charge in [0, 0.05) is 18.5 Å². The third kappa shape index (κ3) is 4.62. The highest BCUT2D eigenvalue weighted by molar-refractivity contribution is 5.92. The lowest BCUT2D eigenvalue weighted by atomic mass is 10.2. The summed E-state index contributed by atoms with van der Waals surface area (Å²) in [4.78, 5) is 11.4. The van der Waals surface area contributed by atoms with Crippen LogP contribution in [0.25, 0.3) is 0 Å². The normalized spacial score (nSPS) is 10.4. The fourth-order valence-electron chi connectivity index (χ4n) is 1.83. The first kappa shape index (κ1) is 15.1. The highest BCUT2D eigenvalue weighted by Gasteiger charge is 2.03. The first-order valence-electron chi connectivity index (χ1n) is 6.52. The number of aliphatic hydroxyl groups is 1. The Hall–Kier alpha value is -2.31. The molecule has 3 N–H and O–H groups in total. The maximum absolute atomic E-state index is 11.4. The number of nitrogens with one attached hydrogen (secondary N) is 2. The molecule has 0 aliphatic rings. The predicted octanol–water partition coefficient (Wildman–Crippen LogP) is 1.97. The Morgan fingerprint density at radius 1 is 1.24 bits per heavy atom. The van der Waals surface area contributed by atoms with E-state index in [2.05, 4.69) is 10.6 Å². The molecule has 0 radical (unpaired) electrons. The summed E-state index contributed by atoms with van der Waals surface area (Å²) in [6.45, 7) is 0.407. The minimum atomic E-state index is -0.201. The third-order valence-electron chi connectivity index (χ3n) is 2.76. The molecule has 2 rings (SSSR count). The fraction of sp³-hybridized carbons (Fsp3) is 0.267. The Bertz CT molecular complexity index is 595. The van der Waals surface area contributed by atoms with Crippen molar-refractivity contribution in [2.24, 2.45) is 0 Å². The first-order valence-corrected chi connectivity index (χ1v) is 6.52. The second-order valence-corrected chi connectivity index (χ2v) is 4.44. The number of aliphatic hydroxyl groups excluding tert-OH is 1. The maximum Gasteiger partial charge on any atom is 0.250 e. The lowest BCUT2D eigenvalue weighted by Gasteiger charge is -2.08. The molecule has 112 valence electrons. The zero-order valence-electron chi connectivity index (χ0n) is 11.8. The fourth-order valence-corrected chi connectivity index (χ4v) is 1.83. The highest BCUT2D eigenvalue weighted by atomic mass is 16.5. The zero-order chi connectivity index (χ0) is 15.1. The number of hydrogen-bond acceptors (Lipinski definition) is 5. The van der Waals surface area contributed by atoms with Gasteiger partial charge in [-0.3, -0.25) is 4.79 Å². The maximum atomic E-state index is 11.4. The molecule has 2 aromatic rings. The van der Waals surface area contributed by atoms with E-state index in [1.165, 1.54) is 7.11 Å². The summed E-state index contributed by atoms with van der Waals surface area (Å²) in [7, 11) is 1.47. The minimum Gasteiger partial charge on any atom is -0.462 e. The predicted molar refractivity (Wildman–Crippen MR) is 78.9 cm³/mol. The number of hydrogen-bond donors (Lipinski definition) is 3. The molecule has 1 aromatic heterocycles. The SMILES string of the molecule is COCC(=O)Nc1cccc(NCc2ccc(CO)o2)c1. The molecule has 0 unspecified atom stereocenters. The Balaban J connectivity index is 1.92. The van der Waals surface area contributed by atoms with Crippen molar-refractivity contribution < 1.29 is 19.1 Å². The third-order valence-corrected chi connectivity index (χ3v) is 2.76. The van der Waals surface area contributed by atoms with Gasteiger partial charge < -0.3 is 24.9 Å². The topological polar surface area (TPSA) is 83.7 Å². The number of ether oxygens (including phenoxy) is 1. The summed E-state index contributed by atoms with van der Waals surface area (Å²) >= 11 is 0. The van der Waals surface area contributed by atoms with Gasteiger partial charge in [-0.1, -0.05) is 6.07 Å². The summed E-state index contributed by atoms with van der Waals surface area (Å²) < 4.78 is 10.1. The van der Waals surface area contributed by atoms with E-state index < -0.39 is 0 Å². The van der Waals surface area contributed by atoms with Gasteiger partial charge in [-0.2, -0.15) is 0 Å². The Labute approximate surface area is 122 Å². The summed E-state index contributed by atoms with van der Waals surface area (Å²) in [6.07, 6.45) is 0. The molecule has 1 aromatic carbocycles. The van der Waals surface area contributed by atoms with Crippen molar-refractivity contribution in [3.8, 4) is 0 Å². The Morgan fingerprint density at radius 3 is 2.71 bits per heavy atom. The lowest BCUT2D eigenvalue weighted by Crippen LogP contribution is -2.17. The van der Waals surface area contributed by atoms with Crippen LogP contribution < -0.4 is 10.6 Å². The number of anilines is 2. The summed E-state index contributed by atoms with van der Waals surface area (Å²) in [5, 5.41) is 14.9. The molecule has 0 aliphatic carbocycles. The molecule has 0 aliphatic heterocycles. The Kier molecular flexibility index (Phi) is 5.36. The smallest absolute Gasteiger partial charge is 0.250 e. The largest absolute Gasteiger partial charge is 0.462 e. The van der Waals surface area contributed by atoms with E-state index in [4.69, 9.17) is 14.3 Å². The van der Waals surface area contributed by atoms with Gasteiger partial charge in [0.15, 0.2) is 0 Å². The number of rotatable bonds is 7. The van der Waals surface area contributed by atoms with Crippen LogP contribution in [0.5, 0.6) is 0 Å². The van der Waals surface area contributed by atoms with Crippen LogP contribution in [0.3, 0.4) is 0 Å². The molecule has 0 saturated carbocycles. The second-order valence-electron chi connectivity index (χ2n) is 4.44. The van der Waals surface area contributed by atoms with Crippen LogP contribution in [0.2, 0.25) is 0 Å². The van der Waals surface area contributed by atoms with E-state index >= 15 is 0 Å². The summed E-state index contributed by atoms with van der Waals surface area (Å²) in [5.74, 6) is 1.06. The van der Waals surface area contributed by atoms with Crippen LogP contribution in [-0.4, -0.2) is 24.7 Å². The summed E-state index contributed by atoms with van der Waals surface area (Å²) in [5.41, 5.74) is 1.55. The van der Waals surface area contributed by atoms with Crippen LogP contribution in [0.4, 0.5) is 11.4 Å². The molecule has 6 nitrogen and oxygen atoms in total. The molecule has 1 amide bonds. The lowest BCUT2D eigenvalue weighted by molar-refractivity contribution is -0.119. The van der Waals surface area contributed by atoms with Crippen molar-refractivity contribution in [1.29, 1.82) is 0 Å². The van der Waals surface area contributed by atoms with E-state index in [1.54, 1.807) is 12.1 Å². The molecular weight excluding hydrogens is 272 g/mol. The number of methoxy groups -OCH3 is 1. The second kappa shape index (κ2) is 7.47. The van der Waals surface area contributed by atoms with Crippen molar-refractivity contribution in [1.82, 2.24) is 0 Å². The van der Waals surface area contributed by atoms with Gasteiger partial charge in [0.05, 0.1) is 6.54 Å². The molecule has 21 heavy (non-hydrogen) atoms. The van der Waals surface area contributed by atoms with Crippen LogP contribution in [0.15, 0.2) is 40.8 Å². The average Bonchev–Trinajstić information content (AvgIpc) is 2.94. The van der Waals surface area contributed by atoms with Gasteiger partial charge in [-0.05, 0) is 30.3 Å². The van der Waals surface area contributed by atoms with Crippen molar-refractivity contribution in [3.05, 3.63) is 47.9 Å². The molecule has 0 bridgehead atoms. The Morgan fingerprint density at radius 2 is 2.00 bits per heavy atom. The average molecular weight is 290 g/mol. The number of carbonyl (C=O) groups excluding carboxylic acids is 1. The van der Waals surface area contributed by atoms with Gasteiger partial charge >= 0.3 is 0 Å². The van der Waals surface area contributed by atoms with Crippen molar-refractivity contribution >= 4 is 17.3 Å². The summed E-state index contributed by atoms with van der Waals surface area (Å²) in [6, 6.07) is 10.9. The number of amides is 1. The van der Waals surface area contributed by atoms with Gasteiger partial charge in [0.1, 0.15) is 24.7 Å². The van der Waals surface area contributed by atoms with E-state index in [9.17, 15) is 4.79 Å². The first-order chi connectivity index (χ1) is 10.2. The standard InChI is InChI=1S/C15H18N2O4/c1-20-10-15(19)17-12-4-2-3-11(7-12)16-8-13-5-6-14(9-18)21-13/h2-7,16,18H,8-10H2,1H3,(H,17,19). The number of benzene rings is 1. The molecule has 0 fully saturated rings. The van der Waals surface area contributed by atoms with Gasteiger partial charge in [-0.15, -0.1) is 0 Å². The molecule has 0 saturated heterocycles. The molecule has 1 heterocycles. The van der Waals surface area contributed by atoms with Gasteiger partial charge in [0.25, 0.3) is 0 Å². The van der Waals surface area contributed by atoms with E-state index in [0.29, 0.717) is 18.0 Å². The quantitative estimate of drug-likeness (QED) is 0.726. The van der Waals surface area contributed by atoms with Crippen LogP contribution >= 0.6 is 0 Å². The zero-order valence-corrected chi connectivity index (χ0v) is 11.8. The van der Waals surface area contributed by atoms with E-state index in [0.717, 1.165) is 11.4 Å². The molecule has 6 heteroatoms. The van der Waals surface area contributed by atoms with Gasteiger partial charge in [0.2, 0.25) is 5.91 Å². The highest BCUT2D eigenvalue weighted by Crippen LogP contribution is 2.17. The minimum absolute atomic E-state index is 0.0218. The molecule has 0 atom stereocenters. The van der Waals surface area contributed by atoms with Crippen molar-refractivity contribution in [3.63, 3.8) is 0 Å². The monoisotopic (exact) mass is 290 g/mol. The number of carbonyl (C=O) groups is 1. The van der Waals surface area contributed by atoms with Crippen LogP contribution in [-0.2, 0) is 22.7 Å². The molecule has 0 spiro atoms.